The highest BCUT2D eigenvalue weighted by Gasteiger charge is 2.21. The molecule has 0 unspecified atom stereocenters. The van der Waals surface area contributed by atoms with Crippen molar-refractivity contribution < 1.29 is 13.2 Å². The van der Waals surface area contributed by atoms with Gasteiger partial charge in [-0.25, -0.2) is 12.4 Å². The third-order valence-corrected chi connectivity index (χ3v) is 5.92. The van der Waals surface area contributed by atoms with Crippen LogP contribution in [0, 0.1) is 0 Å². The first-order valence-electron chi connectivity index (χ1n) is 8.02. The summed E-state index contributed by atoms with van der Waals surface area (Å²) in [6.07, 6.45) is 3.26. The van der Waals surface area contributed by atoms with E-state index in [0.717, 1.165) is 10.9 Å². The van der Waals surface area contributed by atoms with Gasteiger partial charge in [0.05, 0.1) is 23.2 Å². The summed E-state index contributed by atoms with van der Waals surface area (Å²) < 4.78 is 32.8. The fourth-order valence-corrected chi connectivity index (χ4v) is 4.29. The van der Waals surface area contributed by atoms with Gasteiger partial charge in [0.2, 0.25) is 0 Å². The Morgan fingerprint density at radius 2 is 1.65 bits per heavy atom. The molecular weight excluding hydrogens is 348 g/mol. The van der Waals surface area contributed by atoms with E-state index in [4.69, 9.17) is 4.74 Å². The first-order chi connectivity index (χ1) is 12.6. The Hall–Kier alpha value is -3.12. The second kappa shape index (κ2) is 6.31. The Morgan fingerprint density at radius 1 is 0.923 bits per heavy atom. The molecule has 0 bridgehead atoms. The van der Waals surface area contributed by atoms with Crippen molar-refractivity contribution in [1.82, 2.24) is 8.96 Å². The number of benzene rings is 2. The Bertz CT molecular complexity index is 1160. The van der Waals surface area contributed by atoms with E-state index in [1.807, 2.05) is 36.4 Å². The molecule has 0 spiro atoms. The highest BCUT2D eigenvalue weighted by Crippen LogP contribution is 2.30. The van der Waals surface area contributed by atoms with Crippen molar-refractivity contribution in [2.75, 3.05) is 7.11 Å². The fourth-order valence-electron chi connectivity index (χ4n) is 2.93. The zero-order valence-electron chi connectivity index (χ0n) is 14.0. The summed E-state index contributed by atoms with van der Waals surface area (Å²) >= 11 is 0. The highest BCUT2D eigenvalue weighted by molar-refractivity contribution is 7.90. The van der Waals surface area contributed by atoms with E-state index < -0.39 is 10.0 Å². The number of rotatable bonds is 4. The van der Waals surface area contributed by atoms with Crippen LogP contribution in [-0.4, -0.2) is 24.5 Å². The topological polar surface area (TPSA) is 61.2 Å². The monoisotopic (exact) mass is 364 g/mol. The maximum absolute atomic E-state index is 13.2. The van der Waals surface area contributed by atoms with Crippen molar-refractivity contribution in [3.63, 3.8) is 0 Å². The van der Waals surface area contributed by atoms with Crippen LogP contribution in [0.3, 0.4) is 0 Å². The molecular formula is C20H16N2O3S. The van der Waals surface area contributed by atoms with Crippen molar-refractivity contribution in [2.24, 2.45) is 0 Å². The summed E-state index contributed by atoms with van der Waals surface area (Å²) in [5.74, 6) is 0.605. The summed E-state index contributed by atoms with van der Waals surface area (Å²) in [5.41, 5.74) is 2.06. The predicted octanol–water partition coefficient (Wildman–Crippen LogP) is 3.95. The quantitative estimate of drug-likeness (QED) is 0.550. The van der Waals surface area contributed by atoms with Gasteiger partial charge in [-0.3, -0.25) is 4.98 Å². The Balaban J connectivity index is 1.94. The van der Waals surface area contributed by atoms with E-state index in [2.05, 4.69) is 4.98 Å². The van der Waals surface area contributed by atoms with Gasteiger partial charge in [-0.15, -0.1) is 0 Å². The lowest BCUT2D eigenvalue weighted by Gasteiger charge is -2.11. The zero-order valence-corrected chi connectivity index (χ0v) is 14.8. The van der Waals surface area contributed by atoms with Crippen molar-refractivity contribution in [2.45, 2.75) is 4.90 Å². The zero-order chi connectivity index (χ0) is 18.1. The van der Waals surface area contributed by atoms with Crippen LogP contribution in [0.1, 0.15) is 0 Å². The average Bonchev–Trinajstić information content (AvgIpc) is 3.14. The molecule has 130 valence electrons. The van der Waals surface area contributed by atoms with Crippen molar-refractivity contribution in [3.8, 4) is 17.0 Å². The molecule has 0 aliphatic rings. The Kier molecular flexibility index (Phi) is 3.97. The SMILES string of the molecule is COc1ccc(S(=O)(=O)n2ccc3ccnc(-c4ccccc4)c32)cc1. The standard InChI is InChI=1S/C20H16N2O3S/c1-25-17-7-9-18(10-8-17)26(23,24)22-14-12-16-11-13-21-19(20(16)22)15-5-3-2-4-6-15/h2-14H,1H3. The Labute approximate surface area is 151 Å². The molecule has 2 heterocycles. The second-order valence-corrected chi connectivity index (χ2v) is 7.57. The number of aromatic nitrogens is 2. The molecule has 26 heavy (non-hydrogen) atoms. The lowest BCUT2D eigenvalue weighted by atomic mass is 10.1. The largest absolute Gasteiger partial charge is 0.497 e. The predicted molar refractivity (Wildman–Crippen MR) is 101 cm³/mol. The number of hydrogen-bond acceptors (Lipinski definition) is 4. The van der Waals surface area contributed by atoms with Crippen LogP contribution >= 0.6 is 0 Å². The van der Waals surface area contributed by atoms with E-state index in [-0.39, 0.29) is 4.90 Å². The van der Waals surface area contributed by atoms with Gasteiger partial charge in [0.25, 0.3) is 10.0 Å². The molecule has 0 radical (unpaired) electrons. The molecule has 4 rings (SSSR count). The number of pyridine rings is 1. The summed E-state index contributed by atoms with van der Waals surface area (Å²) in [4.78, 5) is 4.63. The van der Waals surface area contributed by atoms with Crippen LogP contribution < -0.4 is 4.74 Å². The summed E-state index contributed by atoms with van der Waals surface area (Å²) in [6.45, 7) is 0. The lowest BCUT2D eigenvalue weighted by Crippen LogP contribution is -2.12. The molecule has 0 saturated carbocycles. The number of fused-ring (bicyclic) bond motifs is 1. The van der Waals surface area contributed by atoms with Gasteiger partial charge in [0.15, 0.2) is 0 Å². The molecule has 6 heteroatoms. The molecule has 0 fully saturated rings. The second-order valence-electron chi connectivity index (χ2n) is 5.76. The van der Waals surface area contributed by atoms with E-state index in [9.17, 15) is 8.42 Å². The molecule has 4 aromatic rings. The summed E-state index contributed by atoms with van der Waals surface area (Å²) in [7, 11) is -2.21. The van der Waals surface area contributed by atoms with E-state index in [0.29, 0.717) is 17.0 Å². The first-order valence-corrected chi connectivity index (χ1v) is 9.46. The minimum atomic E-state index is -3.76. The van der Waals surface area contributed by atoms with E-state index in [1.54, 1.807) is 49.8 Å². The minimum absolute atomic E-state index is 0.193. The maximum Gasteiger partial charge on any atom is 0.268 e. The third-order valence-electron chi connectivity index (χ3n) is 4.23. The van der Waals surface area contributed by atoms with Crippen molar-refractivity contribution in [1.29, 1.82) is 0 Å². The van der Waals surface area contributed by atoms with Gasteiger partial charge < -0.3 is 4.74 Å². The summed E-state index contributed by atoms with van der Waals surface area (Å²) in [6, 6.07) is 19.5. The highest BCUT2D eigenvalue weighted by atomic mass is 32.2. The molecule has 0 amide bonds. The normalized spacial score (nSPS) is 11.6. The van der Waals surface area contributed by atoms with Crippen LogP contribution in [0.4, 0.5) is 0 Å². The third kappa shape index (κ3) is 2.64. The molecule has 5 nitrogen and oxygen atoms in total. The van der Waals surface area contributed by atoms with Gasteiger partial charge in [-0.05, 0) is 36.4 Å². The van der Waals surface area contributed by atoms with E-state index in [1.165, 1.54) is 3.97 Å². The molecule has 0 aliphatic carbocycles. The first kappa shape index (κ1) is 16.4. The minimum Gasteiger partial charge on any atom is -0.497 e. The summed E-state index contributed by atoms with van der Waals surface area (Å²) in [5, 5.41) is 0.816. The van der Waals surface area contributed by atoms with Crippen LogP contribution in [0.2, 0.25) is 0 Å². The number of nitrogens with zero attached hydrogens (tertiary/aromatic N) is 2. The fraction of sp³-hybridized carbons (Fsp3) is 0.0500. The van der Waals surface area contributed by atoms with Gasteiger partial charge in [-0.1, -0.05) is 30.3 Å². The Morgan fingerprint density at radius 3 is 2.35 bits per heavy atom. The maximum atomic E-state index is 13.2. The van der Waals surface area contributed by atoms with Gasteiger partial charge >= 0.3 is 0 Å². The van der Waals surface area contributed by atoms with Gasteiger partial charge in [-0.2, -0.15) is 0 Å². The molecule has 0 atom stereocenters. The van der Waals surface area contributed by atoms with Crippen LogP contribution in [-0.2, 0) is 10.0 Å². The van der Waals surface area contributed by atoms with Crippen LogP contribution in [0.25, 0.3) is 22.2 Å². The van der Waals surface area contributed by atoms with Crippen molar-refractivity contribution in [3.05, 3.63) is 79.1 Å². The van der Waals surface area contributed by atoms with Crippen LogP contribution in [0.5, 0.6) is 5.75 Å². The lowest BCUT2D eigenvalue weighted by molar-refractivity contribution is 0.414. The number of ether oxygens (including phenoxy) is 1. The molecule has 2 aromatic heterocycles. The van der Waals surface area contributed by atoms with E-state index >= 15 is 0 Å². The molecule has 0 saturated heterocycles. The molecule has 2 aromatic carbocycles. The van der Waals surface area contributed by atoms with Crippen molar-refractivity contribution >= 4 is 20.9 Å². The molecule has 0 aliphatic heterocycles. The van der Waals surface area contributed by atoms with Gasteiger partial charge in [0.1, 0.15) is 5.75 Å². The number of hydrogen-bond donors (Lipinski definition) is 0. The van der Waals surface area contributed by atoms with Gasteiger partial charge in [0, 0.05) is 23.3 Å². The smallest absolute Gasteiger partial charge is 0.268 e. The molecule has 0 N–H and O–H groups in total. The average molecular weight is 364 g/mol. The van der Waals surface area contributed by atoms with Crippen LogP contribution in [0.15, 0.2) is 84.0 Å². The number of methoxy groups -OCH3 is 1.